The molecule has 2 aromatic carbocycles. The first kappa shape index (κ1) is 18.8. The van der Waals surface area contributed by atoms with Crippen molar-refractivity contribution in [2.75, 3.05) is 25.0 Å². The number of amides is 3. The maximum Gasteiger partial charge on any atom is 0.322 e. The summed E-state index contributed by atoms with van der Waals surface area (Å²) >= 11 is 6.14. The Bertz CT molecular complexity index is 861. The van der Waals surface area contributed by atoms with Gasteiger partial charge in [0, 0.05) is 13.1 Å². The molecule has 146 valence electrons. The number of benzene rings is 2. The molecule has 2 fully saturated rings. The van der Waals surface area contributed by atoms with E-state index in [4.69, 9.17) is 16.3 Å². The van der Waals surface area contributed by atoms with Crippen LogP contribution in [0.1, 0.15) is 12.0 Å². The van der Waals surface area contributed by atoms with Gasteiger partial charge in [-0.1, -0.05) is 54.1 Å². The predicted octanol–water partition coefficient (Wildman–Crippen LogP) is 3.37. The second-order valence-electron chi connectivity index (χ2n) is 7.05. The first-order chi connectivity index (χ1) is 13.6. The predicted molar refractivity (Wildman–Crippen MR) is 107 cm³/mol. The molecule has 0 unspecified atom stereocenters. The van der Waals surface area contributed by atoms with E-state index < -0.39 is 0 Å². The minimum atomic E-state index is -0.239. The fourth-order valence-electron chi connectivity index (χ4n) is 3.75. The number of likely N-dealkylation sites (tertiary alicyclic amines) is 1. The van der Waals surface area contributed by atoms with E-state index in [0.29, 0.717) is 43.4 Å². The average molecular weight is 400 g/mol. The van der Waals surface area contributed by atoms with Crippen LogP contribution in [0, 0.1) is 0 Å². The number of rotatable bonds is 3. The van der Waals surface area contributed by atoms with Crippen molar-refractivity contribution in [2.24, 2.45) is 0 Å². The number of ether oxygens (including phenoxy) is 1. The smallest absolute Gasteiger partial charge is 0.322 e. The van der Waals surface area contributed by atoms with Crippen LogP contribution in [0.3, 0.4) is 0 Å². The second-order valence-corrected chi connectivity index (χ2v) is 7.46. The molecule has 2 aliphatic heterocycles. The van der Waals surface area contributed by atoms with Gasteiger partial charge in [-0.25, -0.2) is 4.79 Å². The van der Waals surface area contributed by atoms with Crippen LogP contribution in [0.25, 0.3) is 0 Å². The number of nitrogens with zero attached hydrogens (tertiary/aromatic N) is 2. The number of hydrogen-bond donors (Lipinski definition) is 1. The third kappa shape index (κ3) is 3.98. The van der Waals surface area contributed by atoms with Crippen LogP contribution in [0.5, 0.6) is 0 Å². The largest absolute Gasteiger partial charge is 0.374 e. The Hall–Kier alpha value is -2.57. The van der Waals surface area contributed by atoms with Gasteiger partial charge in [0.1, 0.15) is 0 Å². The molecule has 28 heavy (non-hydrogen) atoms. The first-order valence-electron chi connectivity index (χ1n) is 9.37. The van der Waals surface area contributed by atoms with E-state index in [1.54, 1.807) is 17.0 Å². The van der Waals surface area contributed by atoms with Crippen LogP contribution in [0.2, 0.25) is 5.02 Å². The highest BCUT2D eigenvalue weighted by molar-refractivity contribution is 6.33. The monoisotopic (exact) mass is 399 g/mol. The van der Waals surface area contributed by atoms with E-state index in [9.17, 15) is 9.59 Å². The van der Waals surface area contributed by atoms with Gasteiger partial charge in [-0.3, -0.25) is 4.79 Å². The number of carbonyl (C=O) groups is 2. The van der Waals surface area contributed by atoms with E-state index in [1.165, 1.54) is 0 Å². The van der Waals surface area contributed by atoms with Crippen LogP contribution >= 0.6 is 11.6 Å². The maximum absolute atomic E-state index is 12.7. The zero-order chi connectivity index (χ0) is 19.5. The number of fused-ring (bicyclic) bond motifs is 1. The van der Waals surface area contributed by atoms with Gasteiger partial charge in [0.05, 0.1) is 42.4 Å². The zero-order valence-electron chi connectivity index (χ0n) is 15.4. The topological polar surface area (TPSA) is 61.9 Å². The quantitative estimate of drug-likeness (QED) is 0.860. The standard InChI is InChI=1S/C21H22ClN3O3/c22-16-8-4-5-9-17(16)23-21(27)24-13-18-19(14-24)28-11-10-20(26)25(18)12-15-6-2-1-3-7-15/h1-9,18-19H,10-14H2,(H,23,27)/t18-,19-/m0/s1. The van der Waals surface area contributed by atoms with Crippen molar-refractivity contribution in [3.05, 3.63) is 65.2 Å². The summed E-state index contributed by atoms with van der Waals surface area (Å²) < 4.78 is 5.91. The fourth-order valence-corrected chi connectivity index (χ4v) is 3.94. The van der Waals surface area contributed by atoms with Gasteiger partial charge in [-0.05, 0) is 17.7 Å². The summed E-state index contributed by atoms with van der Waals surface area (Å²) in [5.74, 6) is 0.0599. The molecule has 1 N–H and O–H groups in total. The number of para-hydroxylation sites is 1. The van der Waals surface area contributed by atoms with Crippen molar-refractivity contribution in [1.82, 2.24) is 9.80 Å². The molecule has 2 atom stereocenters. The maximum atomic E-state index is 12.7. The molecule has 7 heteroatoms. The van der Waals surface area contributed by atoms with Gasteiger partial charge in [0.15, 0.2) is 0 Å². The van der Waals surface area contributed by atoms with E-state index in [0.717, 1.165) is 5.56 Å². The molecule has 2 saturated heterocycles. The molecule has 0 aromatic heterocycles. The van der Waals surface area contributed by atoms with Gasteiger partial charge < -0.3 is 19.9 Å². The Morgan fingerprint density at radius 3 is 2.64 bits per heavy atom. The SMILES string of the molecule is O=C(Nc1ccccc1Cl)N1C[C@@H]2OCCC(=O)N(Cc3ccccc3)[C@H]2C1. The molecule has 4 rings (SSSR count). The highest BCUT2D eigenvalue weighted by Gasteiger charge is 2.43. The first-order valence-corrected chi connectivity index (χ1v) is 9.75. The van der Waals surface area contributed by atoms with Gasteiger partial charge in [-0.2, -0.15) is 0 Å². The number of halogens is 1. The molecule has 0 bridgehead atoms. The number of anilines is 1. The van der Waals surface area contributed by atoms with Crippen LogP contribution in [0.4, 0.5) is 10.5 Å². The normalized spacial score (nSPS) is 22.0. The lowest BCUT2D eigenvalue weighted by Gasteiger charge is -2.29. The molecule has 2 heterocycles. The lowest BCUT2D eigenvalue weighted by molar-refractivity contribution is -0.133. The molecule has 0 spiro atoms. The molecule has 2 aromatic rings. The Labute approximate surface area is 169 Å². The summed E-state index contributed by atoms with van der Waals surface area (Å²) in [4.78, 5) is 29.0. The minimum Gasteiger partial charge on any atom is -0.374 e. The third-order valence-corrected chi connectivity index (χ3v) is 5.53. The number of urea groups is 1. The average Bonchev–Trinajstić information content (AvgIpc) is 3.07. The molecule has 0 aliphatic carbocycles. The van der Waals surface area contributed by atoms with Crippen LogP contribution in [-0.4, -0.2) is 53.6 Å². The van der Waals surface area contributed by atoms with E-state index >= 15 is 0 Å². The highest BCUT2D eigenvalue weighted by atomic mass is 35.5. The van der Waals surface area contributed by atoms with Crippen LogP contribution in [-0.2, 0) is 16.1 Å². The number of nitrogens with one attached hydrogen (secondary N) is 1. The van der Waals surface area contributed by atoms with Gasteiger partial charge >= 0.3 is 6.03 Å². The summed E-state index contributed by atoms with van der Waals surface area (Å²) in [6.45, 7) is 1.77. The summed E-state index contributed by atoms with van der Waals surface area (Å²) in [5, 5.41) is 3.34. The minimum absolute atomic E-state index is 0.0599. The van der Waals surface area contributed by atoms with Crippen molar-refractivity contribution in [1.29, 1.82) is 0 Å². The molecule has 6 nitrogen and oxygen atoms in total. The number of hydrogen-bond acceptors (Lipinski definition) is 3. The van der Waals surface area contributed by atoms with Crippen molar-refractivity contribution in [3.8, 4) is 0 Å². The van der Waals surface area contributed by atoms with Crippen molar-refractivity contribution < 1.29 is 14.3 Å². The Kier molecular flexibility index (Phi) is 5.50. The van der Waals surface area contributed by atoms with E-state index in [2.05, 4.69) is 5.32 Å². The summed E-state index contributed by atoms with van der Waals surface area (Å²) in [7, 11) is 0. The summed E-state index contributed by atoms with van der Waals surface area (Å²) in [6, 6.07) is 16.6. The van der Waals surface area contributed by atoms with Gasteiger partial charge in [-0.15, -0.1) is 0 Å². The summed E-state index contributed by atoms with van der Waals surface area (Å²) in [5.41, 5.74) is 1.63. The van der Waals surface area contributed by atoms with Crippen molar-refractivity contribution in [3.63, 3.8) is 0 Å². The summed E-state index contributed by atoms with van der Waals surface area (Å²) in [6.07, 6.45) is 0.179. The lowest BCUT2D eigenvalue weighted by Crippen LogP contribution is -2.45. The van der Waals surface area contributed by atoms with Crippen LogP contribution in [0.15, 0.2) is 54.6 Å². The molecule has 3 amide bonds. The fraction of sp³-hybridized carbons (Fsp3) is 0.333. The molecule has 0 saturated carbocycles. The Morgan fingerprint density at radius 1 is 1.11 bits per heavy atom. The second kappa shape index (κ2) is 8.20. The highest BCUT2D eigenvalue weighted by Crippen LogP contribution is 2.27. The number of carbonyl (C=O) groups excluding carboxylic acids is 2. The van der Waals surface area contributed by atoms with Crippen LogP contribution < -0.4 is 5.32 Å². The van der Waals surface area contributed by atoms with E-state index in [-0.39, 0.29) is 24.1 Å². The van der Waals surface area contributed by atoms with E-state index in [1.807, 2.05) is 47.4 Å². The van der Waals surface area contributed by atoms with Gasteiger partial charge in [0.2, 0.25) is 5.91 Å². The Morgan fingerprint density at radius 2 is 1.86 bits per heavy atom. The molecular weight excluding hydrogens is 378 g/mol. The lowest BCUT2D eigenvalue weighted by atomic mass is 10.1. The molecule has 2 aliphatic rings. The molecular formula is C21H22ClN3O3. The van der Waals surface area contributed by atoms with Crippen molar-refractivity contribution >= 4 is 29.2 Å². The Balaban J connectivity index is 1.49. The van der Waals surface area contributed by atoms with Gasteiger partial charge in [0.25, 0.3) is 0 Å². The van der Waals surface area contributed by atoms with Crippen molar-refractivity contribution in [2.45, 2.75) is 25.1 Å². The zero-order valence-corrected chi connectivity index (χ0v) is 16.1. The molecule has 0 radical (unpaired) electrons. The third-order valence-electron chi connectivity index (χ3n) is 5.20.